The van der Waals surface area contributed by atoms with Gasteiger partial charge in [-0.15, -0.1) is 11.3 Å². The standard InChI is InChI=1S/C16H16N2OS/c1-11(19)17-8-6-13-10-20-16-5-4-12(9-14(13)16)15-3-2-7-18-15/h2-5,7,9-10,18H,6,8H2,1H3,(H,17,19). The summed E-state index contributed by atoms with van der Waals surface area (Å²) in [6.45, 7) is 2.24. The first-order chi connectivity index (χ1) is 9.74. The number of H-pyrrole nitrogens is 1. The summed E-state index contributed by atoms with van der Waals surface area (Å²) in [6.07, 6.45) is 2.80. The fraction of sp³-hybridized carbons (Fsp3) is 0.188. The Balaban J connectivity index is 1.89. The van der Waals surface area contributed by atoms with E-state index in [4.69, 9.17) is 0 Å². The molecule has 0 saturated heterocycles. The highest BCUT2D eigenvalue weighted by Gasteiger charge is 2.07. The lowest BCUT2D eigenvalue weighted by Crippen LogP contribution is -2.22. The van der Waals surface area contributed by atoms with Crippen molar-refractivity contribution >= 4 is 27.3 Å². The van der Waals surface area contributed by atoms with E-state index in [9.17, 15) is 4.79 Å². The fourth-order valence-electron chi connectivity index (χ4n) is 2.33. The van der Waals surface area contributed by atoms with Gasteiger partial charge in [0, 0.05) is 30.1 Å². The molecule has 3 rings (SSSR count). The topological polar surface area (TPSA) is 44.9 Å². The summed E-state index contributed by atoms with van der Waals surface area (Å²) in [5.41, 5.74) is 3.62. The van der Waals surface area contributed by atoms with Crippen LogP contribution in [-0.4, -0.2) is 17.4 Å². The molecule has 2 N–H and O–H groups in total. The van der Waals surface area contributed by atoms with Gasteiger partial charge in [0.15, 0.2) is 0 Å². The van der Waals surface area contributed by atoms with Gasteiger partial charge in [-0.1, -0.05) is 6.07 Å². The monoisotopic (exact) mass is 284 g/mol. The number of carbonyl (C=O) groups excluding carboxylic acids is 1. The number of rotatable bonds is 4. The van der Waals surface area contributed by atoms with Gasteiger partial charge in [0.1, 0.15) is 0 Å². The minimum absolute atomic E-state index is 0.0246. The summed E-state index contributed by atoms with van der Waals surface area (Å²) in [5, 5.41) is 6.32. The number of amides is 1. The third-order valence-electron chi connectivity index (χ3n) is 3.33. The van der Waals surface area contributed by atoms with Gasteiger partial charge < -0.3 is 10.3 Å². The maximum atomic E-state index is 10.9. The second kappa shape index (κ2) is 5.51. The molecule has 102 valence electrons. The van der Waals surface area contributed by atoms with E-state index in [-0.39, 0.29) is 5.91 Å². The van der Waals surface area contributed by atoms with Crippen molar-refractivity contribution in [2.24, 2.45) is 0 Å². The summed E-state index contributed by atoms with van der Waals surface area (Å²) in [5.74, 6) is 0.0246. The first-order valence-corrected chi connectivity index (χ1v) is 7.50. The summed E-state index contributed by atoms with van der Waals surface area (Å²) in [4.78, 5) is 14.2. The fourth-order valence-corrected chi connectivity index (χ4v) is 3.30. The SMILES string of the molecule is CC(=O)NCCc1csc2ccc(-c3ccc[nH]3)cc12. The van der Waals surface area contributed by atoms with Crippen LogP contribution in [0.15, 0.2) is 41.9 Å². The molecule has 0 aliphatic carbocycles. The lowest BCUT2D eigenvalue weighted by Gasteiger charge is -2.03. The van der Waals surface area contributed by atoms with Crippen molar-refractivity contribution < 1.29 is 4.79 Å². The molecule has 0 radical (unpaired) electrons. The van der Waals surface area contributed by atoms with E-state index < -0.39 is 0 Å². The number of carbonyl (C=O) groups is 1. The molecule has 2 heterocycles. The Morgan fingerprint density at radius 1 is 1.35 bits per heavy atom. The van der Waals surface area contributed by atoms with Crippen molar-refractivity contribution in [3.05, 3.63) is 47.5 Å². The van der Waals surface area contributed by atoms with Gasteiger partial charge in [0.05, 0.1) is 0 Å². The number of hydrogen-bond donors (Lipinski definition) is 2. The highest BCUT2D eigenvalue weighted by Crippen LogP contribution is 2.30. The molecular formula is C16H16N2OS. The van der Waals surface area contributed by atoms with Crippen LogP contribution in [0.4, 0.5) is 0 Å². The molecule has 1 aromatic carbocycles. The van der Waals surface area contributed by atoms with Crippen LogP contribution < -0.4 is 5.32 Å². The minimum Gasteiger partial charge on any atom is -0.361 e. The largest absolute Gasteiger partial charge is 0.361 e. The first-order valence-electron chi connectivity index (χ1n) is 6.62. The predicted octanol–water partition coefficient (Wildman–Crippen LogP) is 3.58. The highest BCUT2D eigenvalue weighted by molar-refractivity contribution is 7.17. The number of aromatic nitrogens is 1. The maximum absolute atomic E-state index is 10.9. The van der Waals surface area contributed by atoms with Gasteiger partial charge in [-0.3, -0.25) is 4.79 Å². The van der Waals surface area contributed by atoms with Gasteiger partial charge in [-0.05, 0) is 52.6 Å². The summed E-state index contributed by atoms with van der Waals surface area (Å²) < 4.78 is 1.29. The second-order valence-electron chi connectivity index (χ2n) is 4.79. The molecule has 0 aliphatic rings. The third-order valence-corrected chi connectivity index (χ3v) is 4.34. The minimum atomic E-state index is 0.0246. The van der Waals surface area contributed by atoms with Gasteiger partial charge >= 0.3 is 0 Å². The van der Waals surface area contributed by atoms with Crippen molar-refractivity contribution in [3.63, 3.8) is 0 Å². The van der Waals surface area contributed by atoms with Crippen LogP contribution in [0.1, 0.15) is 12.5 Å². The van der Waals surface area contributed by atoms with Crippen LogP contribution in [0.2, 0.25) is 0 Å². The van der Waals surface area contributed by atoms with Crippen molar-refractivity contribution in [2.75, 3.05) is 6.54 Å². The Morgan fingerprint density at radius 3 is 3.00 bits per heavy atom. The number of aromatic amines is 1. The maximum Gasteiger partial charge on any atom is 0.216 e. The Kier molecular flexibility index (Phi) is 3.56. The molecule has 3 nitrogen and oxygen atoms in total. The van der Waals surface area contributed by atoms with E-state index >= 15 is 0 Å². The highest BCUT2D eigenvalue weighted by atomic mass is 32.1. The lowest BCUT2D eigenvalue weighted by molar-refractivity contribution is -0.118. The Morgan fingerprint density at radius 2 is 2.25 bits per heavy atom. The second-order valence-corrected chi connectivity index (χ2v) is 5.70. The number of hydrogen-bond acceptors (Lipinski definition) is 2. The van der Waals surface area contributed by atoms with E-state index in [1.54, 1.807) is 18.3 Å². The van der Waals surface area contributed by atoms with Crippen molar-refractivity contribution in [1.29, 1.82) is 0 Å². The van der Waals surface area contributed by atoms with E-state index in [0.29, 0.717) is 6.54 Å². The summed E-state index contributed by atoms with van der Waals surface area (Å²) in [7, 11) is 0. The molecule has 1 amide bonds. The van der Waals surface area contributed by atoms with Crippen LogP contribution >= 0.6 is 11.3 Å². The Bertz CT molecular complexity index is 728. The molecular weight excluding hydrogens is 268 g/mol. The molecule has 0 unspecified atom stereocenters. The van der Waals surface area contributed by atoms with Crippen molar-refractivity contribution in [2.45, 2.75) is 13.3 Å². The smallest absolute Gasteiger partial charge is 0.216 e. The van der Waals surface area contributed by atoms with Crippen molar-refractivity contribution in [3.8, 4) is 11.3 Å². The zero-order valence-electron chi connectivity index (χ0n) is 11.3. The number of nitrogens with one attached hydrogen (secondary N) is 2. The number of fused-ring (bicyclic) bond motifs is 1. The molecule has 20 heavy (non-hydrogen) atoms. The average molecular weight is 284 g/mol. The van der Waals surface area contributed by atoms with Crippen LogP contribution in [-0.2, 0) is 11.2 Å². The number of thiophene rings is 1. The molecule has 0 bridgehead atoms. The molecule has 2 aromatic heterocycles. The van der Waals surface area contributed by atoms with E-state index in [0.717, 1.165) is 12.1 Å². The zero-order chi connectivity index (χ0) is 13.9. The molecule has 4 heteroatoms. The molecule has 0 aliphatic heterocycles. The molecule has 0 saturated carbocycles. The molecule has 0 atom stereocenters. The van der Waals surface area contributed by atoms with E-state index in [2.05, 4.69) is 39.9 Å². The quantitative estimate of drug-likeness (QED) is 0.755. The van der Waals surface area contributed by atoms with Crippen LogP contribution in [0.5, 0.6) is 0 Å². The molecule has 0 spiro atoms. The Hall–Kier alpha value is -2.07. The van der Waals surface area contributed by atoms with Crippen LogP contribution in [0.25, 0.3) is 21.3 Å². The van der Waals surface area contributed by atoms with Crippen molar-refractivity contribution in [1.82, 2.24) is 10.3 Å². The summed E-state index contributed by atoms with van der Waals surface area (Å²) >= 11 is 1.76. The average Bonchev–Trinajstić information content (AvgIpc) is 3.07. The van der Waals surface area contributed by atoms with Gasteiger partial charge in [0.25, 0.3) is 0 Å². The molecule has 3 aromatic rings. The molecule has 0 fully saturated rings. The van der Waals surface area contributed by atoms with Gasteiger partial charge in [-0.25, -0.2) is 0 Å². The first kappa shape index (κ1) is 12.9. The predicted molar refractivity (Wildman–Crippen MR) is 84.0 cm³/mol. The lowest BCUT2D eigenvalue weighted by atomic mass is 10.1. The number of benzene rings is 1. The van der Waals surface area contributed by atoms with E-state index in [1.807, 2.05) is 12.3 Å². The van der Waals surface area contributed by atoms with E-state index in [1.165, 1.54) is 21.2 Å². The Labute approximate surface area is 121 Å². The third kappa shape index (κ3) is 2.60. The summed E-state index contributed by atoms with van der Waals surface area (Å²) in [6, 6.07) is 10.6. The van der Waals surface area contributed by atoms with Gasteiger partial charge in [-0.2, -0.15) is 0 Å². The normalized spacial score (nSPS) is 10.8. The zero-order valence-corrected chi connectivity index (χ0v) is 12.1. The van der Waals surface area contributed by atoms with Gasteiger partial charge in [0.2, 0.25) is 5.91 Å². The van der Waals surface area contributed by atoms with Crippen LogP contribution in [0, 0.1) is 0 Å². The van der Waals surface area contributed by atoms with Crippen LogP contribution in [0.3, 0.4) is 0 Å².